The fourth-order valence-electron chi connectivity index (χ4n) is 6.01. The fourth-order valence-corrected chi connectivity index (χ4v) is 6.01. The number of rotatable bonds is 4. The summed E-state index contributed by atoms with van der Waals surface area (Å²) in [7, 11) is 0. The largest absolute Gasteiger partial charge is 0.456 e. The van der Waals surface area contributed by atoms with Gasteiger partial charge in [0.1, 0.15) is 11.2 Å². The lowest BCUT2D eigenvalue weighted by Gasteiger charge is -2.19. The van der Waals surface area contributed by atoms with Gasteiger partial charge in [0, 0.05) is 10.8 Å². The minimum atomic E-state index is -0.695. The summed E-state index contributed by atoms with van der Waals surface area (Å²) in [4.78, 5) is 0. The molecule has 0 aliphatic heterocycles. The predicted octanol–water partition coefficient (Wildman–Crippen LogP) is 12.6. The van der Waals surface area contributed by atoms with Crippen LogP contribution in [0.2, 0.25) is 0 Å². The molecule has 0 spiro atoms. The maximum Gasteiger partial charge on any atom is 0.136 e. The second-order valence-corrected chi connectivity index (χ2v) is 10.4. The van der Waals surface area contributed by atoms with E-state index in [0.29, 0.717) is 43.8 Å². The fraction of sp³-hybridized carbons (Fsp3) is 0. The lowest BCUT2D eigenvalue weighted by molar-refractivity contribution is 0.669. The standard InChI is InChI=1S/C44H28O/c1-3-13-29(14-4-1)31-23-25-34-40-27-32(24-26-41(40)45-42(34)28-31)43-36-19-9-11-21-38(36)44(39-22-12-10-20-37(39)43)35-18-8-7-17-33(35)30-15-5-2-6-16-30/h1-28H/i1D,2D,3D,4D,5D,6D,13D,14D,15D,16D,23D,24D,25D,26D,27D,28D. The number of hydrogen-bond donors (Lipinski definition) is 0. The molecule has 0 radical (unpaired) electrons. The molecule has 1 heteroatoms. The Kier molecular flexibility index (Phi) is 3.28. The van der Waals surface area contributed by atoms with E-state index in [0.717, 1.165) is 0 Å². The maximum atomic E-state index is 9.74. The van der Waals surface area contributed by atoms with Crippen molar-refractivity contribution >= 4 is 43.5 Å². The van der Waals surface area contributed by atoms with Crippen molar-refractivity contribution in [2.45, 2.75) is 0 Å². The molecule has 45 heavy (non-hydrogen) atoms. The second kappa shape index (κ2) is 10.4. The van der Waals surface area contributed by atoms with Crippen molar-refractivity contribution in [2.24, 2.45) is 0 Å². The van der Waals surface area contributed by atoms with Crippen LogP contribution in [0, 0.1) is 0 Å². The Morgan fingerprint density at radius 3 is 1.58 bits per heavy atom. The zero-order valence-corrected chi connectivity index (χ0v) is 23.3. The molecule has 0 N–H and O–H groups in total. The van der Waals surface area contributed by atoms with Gasteiger partial charge in [0.15, 0.2) is 0 Å². The van der Waals surface area contributed by atoms with E-state index in [4.69, 9.17) is 22.2 Å². The first-order valence-corrected chi connectivity index (χ1v) is 14.1. The smallest absolute Gasteiger partial charge is 0.136 e. The van der Waals surface area contributed by atoms with Crippen molar-refractivity contribution in [1.82, 2.24) is 0 Å². The highest BCUT2D eigenvalue weighted by Gasteiger charge is 2.19. The van der Waals surface area contributed by atoms with Gasteiger partial charge < -0.3 is 4.42 Å². The van der Waals surface area contributed by atoms with Crippen LogP contribution in [0.4, 0.5) is 0 Å². The zero-order chi connectivity index (χ0) is 43.7. The van der Waals surface area contributed by atoms with Gasteiger partial charge in [-0.2, -0.15) is 0 Å². The summed E-state index contributed by atoms with van der Waals surface area (Å²) in [6, 6.07) is 12.7. The molecule has 0 bridgehead atoms. The molecule has 1 heterocycles. The number of furan rings is 1. The third kappa shape index (κ3) is 4.17. The van der Waals surface area contributed by atoms with Crippen LogP contribution in [0.15, 0.2) is 174 Å². The van der Waals surface area contributed by atoms with Crippen LogP contribution in [-0.2, 0) is 0 Å². The normalized spacial score (nSPS) is 16.5. The Morgan fingerprint density at radius 2 is 0.911 bits per heavy atom. The summed E-state index contributed by atoms with van der Waals surface area (Å²) in [5.41, 5.74) is 0.387. The zero-order valence-electron chi connectivity index (χ0n) is 39.3. The van der Waals surface area contributed by atoms with E-state index in [2.05, 4.69) is 0 Å². The second-order valence-electron chi connectivity index (χ2n) is 10.4. The average Bonchev–Trinajstić information content (AvgIpc) is 3.68. The summed E-state index contributed by atoms with van der Waals surface area (Å²) in [5, 5.41) is 2.01. The van der Waals surface area contributed by atoms with Gasteiger partial charge in [0.05, 0.1) is 21.9 Å². The first kappa shape index (κ1) is 14.2. The molecule has 0 saturated carbocycles. The summed E-state index contributed by atoms with van der Waals surface area (Å²) in [5.74, 6) is 0. The minimum Gasteiger partial charge on any atom is -0.456 e. The Bertz CT molecular complexity index is 3330. The van der Waals surface area contributed by atoms with Gasteiger partial charge in [-0.25, -0.2) is 0 Å². The first-order chi connectivity index (χ1) is 29.0. The summed E-state index contributed by atoms with van der Waals surface area (Å²) in [6.45, 7) is 0. The molecular weight excluding hydrogens is 544 g/mol. The molecule has 0 aliphatic rings. The Labute approximate surface area is 284 Å². The Morgan fingerprint density at radius 1 is 0.356 bits per heavy atom. The van der Waals surface area contributed by atoms with E-state index in [9.17, 15) is 4.11 Å². The average molecular weight is 589 g/mol. The highest BCUT2D eigenvalue weighted by atomic mass is 16.3. The highest BCUT2D eigenvalue weighted by Crippen LogP contribution is 2.46. The van der Waals surface area contributed by atoms with Gasteiger partial charge in [-0.1, -0.05) is 145 Å². The summed E-state index contributed by atoms with van der Waals surface area (Å²) < 4.78 is 146. The molecule has 0 fully saturated rings. The summed E-state index contributed by atoms with van der Waals surface area (Å²) in [6.07, 6.45) is 0. The molecule has 0 aliphatic carbocycles. The Balaban J connectivity index is 1.39. The minimum absolute atomic E-state index is 0.00906. The van der Waals surface area contributed by atoms with Crippen molar-refractivity contribution in [3.05, 3.63) is 169 Å². The molecule has 9 rings (SSSR count). The van der Waals surface area contributed by atoms with E-state index < -0.39 is 89.7 Å². The number of benzene rings is 8. The molecular formula is C44H28O. The van der Waals surface area contributed by atoms with Gasteiger partial charge in [-0.15, -0.1) is 0 Å². The van der Waals surface area contributed by atoms with Crippen LogP contribution >= 0.6 is 0 Å². The molecule has 0 saturated heterocycles. The van der Waals surface area contributed by atoms with E-state index >= 15 is 0 Å². The van der Waals surface area contributed by atoms with Crippen molar-refractivity contribution < 1.29 is 26.3 Å². The van der Waals surface area contributed by atoms with Crippen molar-refractivity contribution in [1.29, 1.82) is 0 Å². The highest BCUT2D eigenvalue weighted by molar-refractivity contribution is 6.23. The third-order valence-corrected chi connectivity index (χ3v) is 7.91. The van der Waals surface area contributed by atoms with Crippen LogP contribution in [0.25, 0.3) is 88.0 Å². The molecule has 0 atom stereocenters. The van der Waals surface area contributed by atoms with Gasteiger partial charge in [0.2, 0.25) is 0 Å². The number of fused-ring (bicyclic) bond motifs is 5. The molecule has 0 unspecified atom stereocenters. The molecule has 210 valence electrons. The lowest BCUT2D eigenvalue weighted by Crippen LogP contribution is -1.92. The van der Waals surface area contributed by atoms with Crippen molar-refractivity contribution in [3.8, 4) is 44.5 Å². The molecule has 9 aromatic rings. The van der Waals surface area contributed by atoms with E-state index in [-0.39, 0.29) is 51.2 Å². The van der Waals surface area contributed by atoms with Crippen LogP contribution < -0.4 is 0 Å². The van der Waals surface area contributed by atoms with Crippen LogP contribution in [0.5, 0.6) is 0 Å². The molecule has 0 amide bonds. The maximum absolute atomic E-state index is 9.74. The van der Waals surface area contributed by atoms with E-state index in [1.165, 1.54) is 0 Å². The van der Waals surface area contributed by atoms with Crippen LogP contribution in [0.3, 0.4) is 0 Å². The van der Waals surface area contributed by atoms with Gasteiger partial charge >= 0.3 is 0 Å². The van der Waals surface area contributed by atoms with Gasteiger partial charge in [-0.05, 0) is 90.2 Å². The topological polar surface area (TPSA) is 13.1 Å². The van der Waals surface area contributed by atoms with E-state index in [1.54, 1.807) is 60.7 Å². The molecule has 1 aromatic heterocycles. The van der Waals surface area contributed by atoms with Gasteiger partial charge in [-0.3, -0.25) is 0 Å². The Hall–Kier alpha value is -5.92. The molecule has 8 aromatic carbocycles. The monoisotopic (exact) mass is 588 g/mol. The van der Waals surface area contributed by atoms with Crippen LogP contribution in [0.1, 0.15) is 21.9 Å². The summed E-state index contributed by atoms with van der Waals surface area (Å²) >= 11 is 0. The van der Waals surface area contributed by atoms with E-state index in [1.807, 2.05) is 12.1 Å². The van der Waals surface area contributed by atoms with Gasteiger partial charge in [0.25, 0.3) is 0 Å². The predicted molar refractivity (Wildman–Crippen MR) is 190 cm³/mol. The van der Waals surface area contributed by atoms with Crippen molar-refractivity contribution in [2.75, 3.05) is 0 Å². The third-order valence-electron chi connectivity index (χ3n) is 7.91. The number of hydrogen-bond acceptors (Lipinski definition) is 1. The lowest BCUT2D eigenvalue weighted by atomic mass is 9.83. The first-order valence-electron chi connectivity index (χ1n) is 22.1. The van der Waals surface area contributed by atoms with Crippen molar-refractivity contribution in [3.63, 3.8) is 0 Å². The van der Waals surface area contributed by atoms with Crippen LogP contribution in [-0.4, -0.2) is 0 Å². The SMILES string of the molecule is [2H]c1c([2H])c([2H])c(-c2ccccc2-c2c3ccccc3c(-c3c([2H])c([2H])c4oc5c([2H])c(-c6c([2H])c([2H])c([2H])c([2H])c6[2H])c([2H])c([2H])c5c4c3[2H])c3ccccc23)c([2H])c1[2H]. The quantitative estimate of drug-likeness (QED) is 0.186. The molecule has 1 nitrogen and oxygen atoms in total.